The molecule has 0 amide bonds. The lowest BCUT2D eigenvalue weighted by molar-refractivity contribution is -0.135. The molecule has 0 aromatic carbocycles. The number of carboxylic acids is 1. The summed E-state index contributed by atoms with van der Waals surface area (Å²) in [5.41, 5.74) is 0.643. The van der Waals surface area contributed by atoms with E-state index >= 15 is 0 Å². The minimum atomic E-state index is -0.843. The van der Waals surface area contributed by atoms with Crippen LogP contribution in [0.25, 0.3) is 0 Å². The van der Waals surface area contributed by atoms with E-state index in [1.165, 1.54) is 0 Å². The number of carbonyl (C=O) groups is 1. The molecule has 12 heavy (non-hydrogen) atoms. The van der Waals surface area contributed by atoms with Crippen LogP contribution in [0.5, 0.6) is 0 Å². The zero-order valence-electron chi connectivity index (χ0n) is 6.78. The first-order valence-corrected chi connectivity index (χ1v) is 4.67. The number of rotatable bonds is 3. The van der Waals surface area contributed by atoms with Crippen molar-refractivity contribution in [2.75, 3.05) is 5.75 Å². The fourth-order valence-electron chi connectivity index (χ4n) is 0.785. The molecule has 0 atom stereocenters. The van der Waals surface area contributed by atoms with Crippen LogP contribution in [0.4, 0.5) is 0 Å². The van der Waals surface area contributed by atoms with Crippen molar-refractivity contribution in [2.24, 2.45) is 10.2 Å². The second-order valence-corrected chi connectivity index (χ2v) is 3.42. The van der Waals surface area contributed by atoms with Gasteiger partial charge in [-0.15, -0.1) is 16.9 Å². The zero-order valence-corrected chi connectivity index (χ0v) is 7.60. The summed E-state index contributed by atoms with van der Waals surface area (Å²) in [7, 11) is 0. The Morgan fingerprint density at radius 1 is 1.67 bits per heavy atom. The van der Waals surface area contributed by atoms with Gasteiger partial charge in [-0.3, -0.25) is 4.79 Å². The van der Waals surface area contributed by atoms with Crippen molar-refractivity contribution in [3.8, 4) is 0 Å². The standard InChI is InChI=1S/C7H10N2O2S/c1-2-6-9-8-5(4-12-6)3-7(10)11/h2-4H2,1H3,(H,10,11). The van der Waals surface area contributed by atoms with Crippen LogP contribution in [0.2, 0.25) is 0 Å². The molecule has 1 N–H and O–H groups in total. The molecule has 0 fully saturated rings. The van der Waals surface area contributed by atoms with Crippen molar-refractivity contribution in [1.82, 2.24) is 0 Å². The molecule has 0 unspecified atom stereocenters. The number of nitrogens with zero attached hydrogens (tertiary/aromatic N) is 2. The molecule has 0 aliphatic carbocycles. The van der Waals surface area contributed by atoms with Crippen LogP contribution in [0.3, 0.4) is 0 Å². The predicted molar refractivity (Wildman–Crippen MR) is 49.9 cm³/mol. The second-order valence-electron chi connectivity index (χ2n) is 2.37. The zero-order chi connectivity index (χ0) is 8.97. The number of hydrogen-bond acceptors (Lipinski definition) is 4. The predicted octanol–water partition coefficient (Wildman–Crippen LogP) is 1.37. The van der Waals surface area contributed by atoms with E-state index in [1.54, 1.807) is 11.8 Å². The average molecular weight is 186 g/mol. The molecule has 1 aliphatic rings. The highest BCUT2D eigenvalue weighted by Gasteiger charge is 2.11. The third kappa shape index (κ3) is 2.65. The first-order chi connectivity index (χ1) is 5.72. The van der Waals surface area contributed by atoms with Crippen LogP contribution in [0, 0.1) is 0 Å². The van der Waals surface area contributed by atoms with E-state index in [0.717, 1.165) is 11.5 Å². The molecule has 1 aliphatic heterocycles. The molecule has 5 heteroatoms. The normalized spacial score (nSPS) is 16.8. The van der Waals surface area contributed by atoms with Crippen molar-refractivity contribution in [3.63, 3.8) is 0 Å². The van der Waals surface area contributed by atoms with E-state index in [2.05, 4.69) is 10.2 Å². The van der Waals surface area contributed by atoms with Crippen molar-refractivity contribution in [1.29, 1.82) is 0 Å². The van der Waals surface area contributed by atoms with Crippen LogP contribution in [0.1, 0.15) is 19.8 Å². The molecule has 0 radical (unpaired) electrons. The number of aliphatic carboxylic acids is 1. The molecule has 66 valence electrons. The summed E-state index contributed by atoms with van der Waals surface area (Å²) in [5, 5.41) is 17.1. The minimum Gasteiger partial charge on any atom is -0.481 e. The highest BCUT2D eigenvalue weighted by molar-refractivity contribution is 8.14. The van der Waals surface area contributed by atoms with Gasteiger partial charge in [-0.25, -0.2) is 0 Å². The number of thioether (sulfide) groups is 1. The quantitative estimate of drug-likeness (QED) is 0.724. The summed E-state index contributed by atoms with van der Waals surface area (Å²) in [4.78, 5) is 10.3. The summed E-state index contributed by atoms with van der Waals surface area (Å²) < 4.78 is 0. The van der Waals surface area contributed by atoms with Crippen LogP contribution in [-0.2, 0) is 4.79 Å². The number of carboxylic acid groups (broad SMARTS) is 1. The molecule has 0 aromatic rings. The van der Waals surface area contributed by atoms with Crippen LogP contribution in [-0.4, -0.2) is 27.6 Å². The van der Waals surface area contributed by atoms with E-state index in [-0.39, 0.29) is 6.42 Å². The van der Waals surface area contributed by atoms with Gasteiger partial charge in [0, 0.05) is 5.75 Å². The minimum absolute atomic E-state index is 0.00743. The summed E-state index contributed by atoms with van der Waals surface area (Å²) >= 11 is 1.57. The Kier molecular flexibility index (Phi) is 3.28. The SMILES string of the molecule is CCC1=NN=C(CC(=O)O)CS1. The van der Waals surface area contributed by atoms with Gasteiger partial charge in [0.15, 0.2) is 0 Å². The Balaban J connectivity index is 2.54. The molecule has 0 aromatic heterocycles. The van der Waals surface area contributed by atoms with Gasteiger partial charge < -0.3 is 5.11 Å². The molecule has 0 spiro atoms. The van der Waals surface area contributed by atoms with Crippen molar-refractivity contribution in [3.05, 3.63) is 0 Å². The van der Waals surface area contributed by atoms with Crippen molar-refractivity contribution >= 4 is 28.5 Å². The summed E-state index contributed by atoms with van der Waals surface area (Å²) in [6.07, 6.45) is 0.877. The highest BCUT2D eigenvalue weighted by atomic mass is 32.2. The first-order valence-electron chi connectivity index (χ1n) is 3.69. The lowest BCUT2D eigenvalue weighted by Crippen LogP contribution is -2.13. The van der Waals surface area contributed by atoms with E-state index in [9.17, 15) is 4.79 Å². The van der Waals surface area contributed by atoms with Gasteiger partial charge in [0.1, 0.15) is 0 Å². The van der Waals surface area contributed by atoms with E-state index in [1.807, 2.05) is 6.92 Å². The maximum Gasteiger partial charge on any atom is 0.309 e. The van der Waals surface area contributed by atoms with E-state index in [4.69, 9.17) is 5.11 Å². The van der Waals surface area contributed by atoms with Gasteiger partial charge in [-0.2, -0.15) is 5.10 Å². The average Bonchev–Trinajstić information content (AvgIpc) is 2.05. The first kappa shape index (κ1) is 9.25. The lowest BCUT2D eigenvalue weighted by Gasteiger charge is -2.07. The maximum absolute atomic E-state index is 10.3. The van der Waals surface area contributed by atoms with E-state index in [0.29, 0.717) is 11.5 Å². The molecule has 4 nitrogen and oxygen atoms in total. The van der Waals surface area contributed by atoms with Gasteiger partial charge >= 0.3 is 5.97 Å². The molecule has 0 saturated heterocycles. The van der Waals surface area contributed by atoms with Crippen molar-refractivity contribution < 1.29 is 9.90 Å². The highest BCUT2D eigenvalue weighted by Crippen LogP contribution is 2.14. The Bertz CT molecular complexity index is 248. The van der Waals surface area contributed by atoms with Gasteiger partial charge in [-0.1, -0.05) is 6.92 Å². The fourth-order valence-corrected chi connectivity index (χ4v) is 1.58. The number of hydrogen-bond donors (Lipinski definition) is 1. The van der Waals surface area contributed by atoms with E-state index < -0.39 is 5.97 Å². The second kappa shape index (κ2) is 4.25. The maximum atomic E-state index is 10.3. The molecular weight excluding hydrogens is 176 g/mol. The third-order valence-electron chi connectivity index (χ3n) is 1.37. The Labute approximate surface area is 74.8 Å². The van der Waals surface area contributed by atoms with Gasteiger partial charge in [0.25, 0.3) is 0 Å². The molecule has 0 saturated carbocycles. The smallest absolute Gasteiger partial charge is 0.309 e. The Hall–Kier alpha value is -0.840. The van der Waals surface area contributed by atoms with Gasteiger partial charge in [0.2, 0.25) is 0 Å². The summed E-state index contributed by atoms with van der Waals surface area (Å²) in [5.74, 6) is -0.177. The Morgan fingerprint density at radius 3 is 2.83 bits per heavy atom. The van der Waals surface area contributed by atoms with Crippen LogP contribution >= 0.6 is 11.8 Å². The molecule has 0 bridgehead atoms. The largest absolute Gasteiger partial charge is 0.481 e. The van der Waals surface area contributed by atoms with Crippen LogP contribution < -0.4 is 0 Å². The summed E-state index contributed by atoms with van der Waals surface area (Å²) in [6.45, 7) is 2.00. The van der Waals surface area contributed by atoms with Gasteiger partial charge in [0.05, 0.1) is 17.2 Å². The third-order valence-corrected chi connectivity index (χ3v) is 2.55. The molecule has 1 heterocycles. The lowest BCUT2D eigenvalue weighted by atomic mass is 10.3. The Morgan fingerprint density at radius 2 is 2.42 bits per heavy atom. The van der Waals surface area contributed by atoms with Crippen molar-refractivity contribution in [2.45, 2.75) is 19.8 Å². The van der Waals surface area contributed by atoms with Crippen LogP contribution in [0.15, 0.2) is 10.2 Å². The molecule has 1 rings (SSSR count). The van der Waals surface area contributed by atoms with Gasteiger partial charge in [-0.05, 0) is 6.42 Å². The fraction of sp³-hybridized carbons (Fsp3) is 0.571. The summed E-state index contributed by atoms with van der Waals surface area (Å²) in [6, 6.07) is 0. The monoisotopic (exact) mass is 186 g/mol. The topological polar surface area (TPSA) is 62.0 Å². The molecular formula is C7H10N2O2S.